The second-order valence-corrected chi connectivity index (χ2v) is 8.14. The number of carboxylic acid groups (broad SMARTS) is 1. The Labute approximate surface area is 178 Å². The molecule has 4 N–H and O–H groups in total. The van der Waals surface area contributed by atoms with E-state index in [9.17, 15) is 9.90 Å². The molecule has 3 aromatic carbocycles. The molecule has 0 bridgehead atoms. The van der Waals surface area contributed by atoms with E-state index < -0.39 is 12.1 Å². The van der Waals surface area contributed by atoms with Gasteiger partial charge in [0, 0.05) is 6.04 Å². The van der Waals surface area contributed by atoms with Crippen LogP contribution in [0.4, 0.5) is 0 Å². The van der Waals surface area contributed by atoms with Gasteiger partial charge in [-0.2, -0.15) is 0 Å². The Balaban J connectivity index is 0.000000171. The minimum atomic E-state index is -1.45. The van der Waals surface area contributed by atoms with Gasteiger partial charge in [0.25, 0.3) is 0 Å². The predicted octanol–water partition coefficient (Wildman–Crippen LogP) is 5.71. The average molecular weight is 406 g/mol. The van der Waals surface area contributed by atoms with Crippen molar-refractivity contribution < 1.29 is 15.0 Å². The summed E-state index contributed by atoms with van der Waals surface area (Å²) in [6.45, 7) is 2.04. The number of carboxylic acids is 1. The lowest BCUT2D eigenvalue weighted by molar-refractivity contribution is -0.146. The van der Waals surface area contributed by atoms with Gasteiger partial charge in [0.05, 0.1) is 0 Å². The zero-order chi connectivity index (χ0) is 21.5. The molecule has 158 valence electrons. The molecule has 0 radical (unpaired) electrons. The minimum absolute atomic E-state index is 0.158. The molecule has 4 heteroatoms. The Kier molecular flexibility index (Phi) is 7.61. The maximum atomic E-state index is 10.6. The van der Waals surface area contributed by atoms with Crippen molar-refractivity contribution in [1.29, 1.82) is 0 Å². The van der Waals surface area contributed by atoms with Gasteiger partial charge in [-0.3, -0.25) is 0 Å². The first-order valence-corrected chi connectivity index (χ1v) is 10.7. The summed E-state index contributed by atoms with van der Waals surface area (Å²) in [6.07, 6.45) is 5.53. The molecule has 1 fully saturated rings. The monoisotopic (exact) mass is 405 g/mol. The fourth-order valence-corrected chi connectivity index (χ4v) is 4.03. The smallest absolute Gasteiger partial charge is 0.337 e. The Morgan fingerprint density at radius 1 is 0.900 bits per heavy atom. The normalized spacial score (nSPS) is 16.4. The number of hydrogen-bond acceptors (Lipinski definition) is 3. The van der Waals surface area contributed by atoms with Crippen LogP contribution >= 0.6 is 0 Å². The zero-order valence-electron chi connectivity index (χ0n) is 17.5. The summed E-state index contributed by atoms with van der Waals surface area (Å²) >= 11 is 0. The summed E-state index contributed by atoms with van der Waals surface area (Å²) in [6, 6.07) is 21.8. The van der Waals surface area contributed by atoms with Gasteiger partial charge >= 0.3 is 5.97 Å². The highest BCUT2D eigenvalue weighted by Crippen LogP contribution is 2.32. The van der Waals surface area contributed by atoms with E-state index >= 15 is 0 Å². The molecule has 0 aromatic heterocycles. The SMILES string of the molecule is C[C@H](N)c1ccc(C2CCCCC2)cc1.O=C(O)[C@@H](O)c1ccc2ccccc2c1. The van der Waals surface area contributed by atoms with Crippen LogP contribution in [0.25, 0.3) is 10.8 Å². The van der Waals surface area contributed by atoms with Crippen LogP contribution in [-0.2, 0) is 4.79 Å². The molecule has 0 aliphatic heterocycles. The summed E-state index contributed by atoms with van der Waals surface area (Å²) < 4.78 is 0. The van der Waals surface area contributed by atoms with Gasteiger partial charge in [-0.25, -0.2) is 4.79 Å². The fourth-order valence-electron chi connectivity index (χ4n) is 4.03. The molecular weight excluding hydrogens is 374 g/mol. The Bertz CT molecular complexity index is 959. The van der Waals surface area contributed by atoms with E-state index in [2.05, 4.69) is 24.3 Å². The van der Waals surface area contributed by atoms with Crippen molar-refractivity contribution in [2.75, 3.05) is 0 Å². The van der Waals surface area contributed by atoms with Crippen molar-refractivity contribution in [2.45, 2.75) is 57.1 Å². The van der Waals surface area contributed by atoms with Crippen molar-refractivity contribution >= 4 is 16.7 Å². The molecule has 1 aliphatic carbocycles. The third-order valence-electron chi connectivity index (χ3n) is 5.86. The molecule has 0 unspecified atom stereocenters. The molecule has 0 heterocycles. The Hall–Kier alpha value is -2.69. The summed E-state index contributed by atoms with van der Waals surface area (Å²) in [5.74, 6) is -0.425. The van der Waals surface area contributed by atoms with Crippen molar-refractivity contribution in [3.63, 3.8) is 0 Å². The first-order valence-electron chi connectivity index (χ1n) is 10.7. The third-order valence-corrected chi connectivity index (χ3v) is 5.86. The number of carbonyl (C=O) groups is 1. The molecule has 0 amide bonds. The molecule has 3 aromatic rings. The number of aliphatic carboxylic acids is 1. The van der Waals surface area contributed by atoms with E-state index in [1.807, 2.05) is 31.2 Å². The van der Waals surface area contributed by atoms with E-state index in [0.717, 1.165) is 16.7 Å². The molecule has 1 saturated carbocycles. The van der Waals surface area contributed by atoms with Gasteiger partial charge in [-0.1, -0.05) is 79.9 Å². The Morgan fingerprint density at radius 3 is 2.10 bits per heavy atom. The van der Waals surface area contributed by atoms with Crippen LogP contribution in [0.2, 0.25) is 0 Å². The number of benzene rings is 3. The predicted molar refractivity (Wildman–Crippen MR) is 121 cm³/mol. The minimum Gasteiger partial charge on any atom is -0.479 e. The van der Waals surface area contributed by atoms with Gasteiger partial charge in [0.1, 0.15) is 0 Å². The number of rotatable bonds is 4. The first-order chi connectivity index (χ1) is 14.5. The van der Waals surface area contributed by atoms with Crippen molar-refractivity contribution in [1.82, 2.24) is 0 Å². The maximum absolute atomic E-state index is 10.6. The lowest BCUT2D eigenvalue weighted by atomic mass is 9.84. The third kappa shape index (κ3) is 5.68. The molecule has 1 aliphatic rings. The number of fused-ring (bicyclic) bond motifs is 1. The zero-order valence-corrected chi connectivity index (χ0v) is 17.5. The number of hydrogen-bond donors (Lipinski definition) is 3. The first kappa shape index (κ1) is 22.0. The van der Waals surface area contributed by atoms with Crippen molar-refractivity contribution in [2.24, 2.45) is 5.73 Å². The summed E-state index contributed by atoms with van der Waals surface area (Å²) in [4.78, 5) is 10.6. The highest BCUT2D eigenvalue weighted by molar-refractivity contribution is 5.84. The van der Waals surface area contributed by atoms with E-state index in [0.29, 0.717) is 5.56 Å². The second kappa shape index (κ2) is 10.4. The largest absolute Gasteiger partial charge is 0.479 e. The number of nitrogens with two attached hydrogens (primary N) is 1. The standard InChI is InChI=1S/C14H21N.C12H10O3/c1-11(15)12-7-9-14(10-8-12)13-5-3-2-4-6-13;13-11(12(14)15)10-6-5-8-3-1-2-4-9(8)7-10/h7-11,13H,2-6,15H2,1H3;1-7,11,13H,(H,14,15)/t2*11-/m00/s1. The van der Waals surface area contributed by atoms with Crippen LogP contribution < -0.4 is 5.73 Å². The van der Waals surface area contributed by atoms with Gasteiger partial charge in [0.2, 0.25) is 0 Å². The summed E-state index contributed by atoms with van der Waals surface area (Å²) in [5.41, 5.74) is 9.00. The molecule has 0 saturated heterocycles. The summed E-state index contributed by atoms with van der Waals surface area (Å²) in [7, 11) is 0. The van der Waals surface area contributed by atoms with Crippen LogP contribution in [0, 0.1) is 0 Å². The topological polar surface area (TPSA) is 83.6 Å². The van der Waals surface area contributed by atoms with E-state index in [-0.39, 0.29) is 6.04 Å². The molecule has 0 spiro atoms. The highest BCUT2D eigenvalue weighted by atomic mass is 16.4. The van der Waals surface area contributed by atoms with Crippen LogP contribution in [0.15, 0.2) is 66.7 Å². The van der Waals surface area contributed by atoms with Crippen molar-refractivity contribution in [3.8, 4) is 0 Å². The van der Waals surface area contributed by atoms with Crippen LogP contribution in [0.3, 0.4) is 0 Å². The van der Waals surface area contributed by atoms with E-state index in [1.165, 1.54) is 43.2 Å². The maximum Gasteiger partial charge on any atom is 0.337 e. The summed E-state index contributed by atoms with van der Waals surface area (Å²) in [5, 5.41) is 20.0. The second-order valence-electron chi connectivity index (χ2n) is 8.14. The lowest BCUT2D eigenvalue weighted by Crippen LogP contribution is -2.10. The molecule has 30 heavy (non-hydrogen) atoms. The van der Waals surface area contributed by atoms with Gasteiger partial charge in [0.15, 0.2) is 6.10 Å². The van der Waals surface area contributed by atoms with Crippen LogP contribution in [-0.4, -0.2) is 16.2 Å². The van der Waals surface area contributed by atoms with Crippen LogP contribution in [0.1, 0.15) is 73.8 Å². The molecule has 4 nitrogen and oxygen atoms in total. The van der Waals surface area contributed by atoms with Crippen LogP contribution in [0.5, 0.6) is 0 Å². The van der Waals surface area contributed by atoms with Gasteiger partial charge in [-0.15, -0.1) is 0 Å². The van der Waals surface area contributed by atoms with Crippen molar-refractivity contribution in [3.05, 3.63) is 83.4 Å². The molecular formula is C26H31NO3. The van der Waals surface area contributed by atoms with Gasteiger partial charge in [-0.05, 0) is 59.2 Å². The molecule has 2 atom stereocenters. The average Bonchev–Trinajstić information content (AvgIpc) is 2.79. The van der Waals surface area contributed by atoms with E-state index in [1.54, 1.807) is 18.2 Å². The Morgan fingerprint density at radius 2 is 1.50 bits per heavy atom. The number of aliphatic hydroxyl groups is 1. The number of aliphatic hydroxyl groups excluding tert-OH is 1. The quantitative estimate of drug-likeness (QED) is 0.519. The highest BCUT2D eigenvalue weighted by Gasteiger charge is 2.16. The van der Waals surface area contributed by atoms with E-state index in [4.69, 9.17) is 10.8 Å². The van der Waals surface area contributed by atoms with Gasteiger partial charge < -0.3 is 15.9 Å². The lowest BCUT2D eigenvalue weighted by Gasteiger charge is -2.22. The fraction of sp³-hybridized carbons (Fsp3) is 0.346. The molecule has 4 rings (SSSR count).